The molecule has 0 aliphatic heterocycles. The van der Waals surface area contributed by atoms with Crippen LogP contribution >= 0.6 is 0 Å². The second-order valence-electron chi connectivity index (χ2n) is 5.70. The van der Waals surface area contributed by atoms with E-state index in [1.165, 1.54) is 33.5 Å². The number of carbonyl (C=O) groups excluding carboxylic acids is 1. The van der Waals surface area contributed by atoms with Gasteiger partial charge in [-0.1, -0.05) is 6.07 Å². The van der Waals surface area contributed by atoms with Crippen molar-refractivity contribution in [2.24, 2.45) is 0 Å². The molecule has 0 bridgehead atoms. The second kappa shape index (κ2) is 9.02. The van der Waals surface area contributed by atoms with Crippen LogP contribution in [-0.2, 0) is 4.79 Å². The zero-order valence-electron chi connectivity index (χ0n) is 15.5. The summed E-state index contributed by atoms with van der Waals surface area (Å²) in [4.78, 5) is 12.1. The summed E-state index contributed by atoms with van der Waals surface area (Å²) >= 11 is 0. The van der Waals surface area contributed by atoms with E-state index in [2.05, 4.69) is 5.32 Å². The van der Waals surface area contributed by atoms with Crippen LogP contribution in [-0.4, -0.2) is 27.2 Å². The molecule has 0 aliphatic carbocycles. The molecule has 2 aromatic carbocycles. The van der Waals surface area contributed by atoms with Gasteiger partial charge in [0.25, 0.3) is 0 Å². The van der Waals surface area contributed by atoms with Crippen LogP contribution in [0.5, 0.6) is 17.2 Å². The van der Waals surface area contributed by atoms with Crippen molar-refractivity contribution in [2.75, 3.05) is 21.3 Å². The van der Waals surface area contributed by atoms with Gasteiger partial charge >= 0.3 is 0 Å². The summed E-state index contributed by atoms with van der Waals surface area (Å²) in [5.41, 5.74) is 1.13. The Morgan fingerprint density at radius 3 is 2.15 bits per heavy atom. The standard InChI is InChI=1S/C20H21F2NO4/c1-12(14-6-7-15(21)16(22)11-14)23-19(24)8-5-13-9-17(25-2)20(27-4)18(10-13)26-3/h5-12H,1-4H3,(H,23,24)/b8-5+. The first-order valence-corrected chi connectivity index (χ1v) is 8.13. The van der Waals surface area contributed by atoms with Crippen molar-refractivity contribution in [1.29, 1.82) is 0 Å². The number of hydrogen-bond donors (Lipinski definition) is 1. The topological polar surface area (TPSA) is 56.8 Å². The first-order chi connectivity index (χ1) is 12.9. The number of rotatable bonds is 7. The Kier molecular flexibility index (Phi) is 6.76. The van der Waals surface area contributed by atoms with Crippen LogP contribution in [0.3, 0.4) is 0 Å². The normalized spacial score (nSPS) is 11.9. The molecule has 0 saturated carbocycles. The summed E-state index contributed by atoms with van der Waals surface area (Å²) in [7, 11) is 4.50. The van der Waals surface area contributed by atoms with Crippen molar-refractivity contribution in [2.45, 2.75) is 13.0 Å². The molecule has 27 heavy (non-hydrogen) atoms. The monoisotopic (exact) mass is 377 g/mol. The summed E-state index contributed by atoms with van der Waals surface area (Å²) in [5, 5.41) is 2.69. The zero-order chi connectivity index (χ0) is 20.0. The molecular formula is C20H21F2NO4. The number of amides is 1. The molecule has 1 unspecified atom stereocenters. The van der Waals surface area contributed by atoms with Gasteiger partial charge in [-0.15, -0.1) is 0 Å². The molecule has 0 spiro atoms. The lowest BCUT2D eigenvalue weighted by molar-refractivity contribution is -0.117. The highest BCUT2D eigenvalue weighted by molar-refractivity contribution is 5.92. The maximum atomic E-state index is 13.3. The summed E-state index contributed by atoms with van der Waals surface area (Å²) < 4.78 is 42.1. The van der Waals surface area contributed by atoms with Gasteiger partial charge < -0.3 is 19.5 Å². The van der Waals surface area contributed by atoms with Crippen LogP contribution in [0.15, 0.2) is 36.4 Å². The molecule has 0 fully saturated rings. The average Bonchev–Trinajstić information content (AvgIpc) is 2.67. The van der Waals surface area contributed by atoms with Crippen molar-refractivity contribution in [3.63, 3.8) is 0 Å². The number of halogens is 2. The Balaban J connectivity index is 2.12. The Labute approximate surface area is 156 Å². The number of carbonyl (C=O) groups is 1. The maximum Gasteiger partial charge on any atom is 0.244 e. The van der Waals surface area contributed by atoms with Crippen molar-refractivity contribution >= 4 is 12.0 Å². The van der Waals surface area contributed by atoms with Crippen LogP contribution in [0.1, 0.15) is 24.1 Å². The van der Waals surface area contributed by atoms with Crippen LogP contribution in [0.2, 0.25) is 0 Å². The predicted octanol–water partition coefficient (Wildman–Crippen LogP) is 3.88. The fraction of sp³-hybridized carbons (Fsp3) is 0.250. The average molecular weight is 377 g/mol. The van der Waals surface area contributed by atoms with Gasteiger partial charge in [0.15, 0.2) is 23.1 Å². The smallest absolute Gasteiger partial charge is 0.244 e. The number of hydrogen-bond acceptors (Lipinski definition) is 4. The first kappa shape index (κ1) is 20.2. The molecule has 0 radical (unpaired) electrons. The van der Waals surface area contributed by atoms with Gasteiger partial charge in [0.05, 0.1) is 27.4 Å². The third kappa shape index (κ3) is 4.97. The predicted molar refractivity (Wildman–Crippen MR) is 98.0 cm³/mol. The fourth-order valence-electron chi connectivity index (χ4n) is 2.50. The van der Waals surface area contributed by atoms with Gasteiger partial charge in [-0.05, 0) is 48.4 Å². The minimum Gasteiger partial charge on any atom is -0.493 e. The van der Waals surface area contributed by atoms with Crippen LogP contribution in [0.25, 0.3) is 6.08 Å². The Morgan fingerprint density at radius 1 is 1.00 bits per heavy atom. The van der Waals surface area contributed by atoms with E-state index in [1.54, 1.807) is 25.1 Å². The molecule has 144 valence electrons. The minimum atomic E-state index is -0.957. The quantitative estimate of drug-likeness (QED) is 0.744. The molecular weight excluding hydrogens is 356 g/mol. The van der Waals surface area contributed by atoms with Gasteiger partial charge in [0.2, 0.25) is 11.7 Å². The molecule has 5 nitrogen and oxygen atoms in total. The number of ether oxygens (including phenoxy) is 3. The van der Waals surface area contributed by atoms with Crippen LogP contribution in [0, 0.1) is 11.6 Å². The molecule has 0 heterocycles. The Hall–Kier alpha value is -3.09. The van der Waals surface area contributed by atoms with Crippen molar-refractivity contribution in [3.05, 3.63) is 59.2 Å². The Bertz CT molecular complexity index is 827. The van der Waals surface area contributed by atoms with E-state index in [9.17, 15) is 13.6 Å². The lowest BCUT2D eigenvalue weighted by Crippen LogP contribution is -2.24. The SMILES string of the molecule is COc1cc(/C=C/C(=O)NC(C)c2ccc(F)c(F)c2)cc(OC)c1OC. The molecule has 0 saturated heterocycles. The molecule has 2 rings (SSSR count). The molecule has 0 aromatic heterocycles. The summed E-state index contributed by atoms with van der Waals surface area (Å²) in [5.74, 6) is -0.894. The van der Waals surface area contributed by atoms with E-state index in [0.29, 0.717) is 28.4 Å². The fourth-order valence-corrected chi connectivity index (χ4v) is 2.50. The Morgan fingerprint density at radius 2 is 1.63 bits per heavy atom. The van der Waals surface area contributed by atoms with Crippen molar-refractivity contribution < 1.29 is 27.8 Å². The van der Waals surface area contributed by atoms with E-state index in [1.807, 2.05) is 0 Å². The lowest BCUT2D eigenvalue weighted by Gasteiger charge is -2.14. The van der Waals surface area contributed by atoms with E-state index >= 15 is 0 Å². The molecule has 7 heteroatoms. The highest BCUT2D eigenvalue weighted by Gasteiger charge is 2.13. The van der Waals surface area contributed by atoms with Crippen LogP contribution < -0.4 is 19.5 Å². The largest absolute Gasteiger partial charge is 0.493 e. The second-order valence-corrected chi connectivity index (χ2v) is 5.70. The van der Waals surface area contributed by atoms with Crippen molar-refractivity contribution in [3.8, 4) is 17.2 Å². The molecule has 1 atom stereocenters. The number of methoxy groups -OCH3 is 3. The minimum absolute atomic E-state index is 0.388. The third-order valence-corrected chi connectivity index (χ3v) is 3.92. The third-order valence-electron chi connectivity index (χ3n) is 3.92. The van der Waals surface area contributed by atoms with Gasteiger partial charge in [-0.2, -0.15) is 0 Å². The molecule has 2 aromatic rings. The maximum absolute atomic E-state index is 13.3. The molecule has 1 N–H and O–H groups in total. The van der Waals surface area contributed by atoms with E-state index in [0.717, 1.165) is 12.1 Å². The van der Waals surface area contributed by atoms with Crippen LogP contribution in [0.4, 0.5) is 8.78 Å². The highest BCUT2D eigenvalue weighted by atomic mass is 19.2. The summed E-state index contributed by atoms with van der Waals surface area (Å²) in [6, 6.07) is 6.42. The van der Waals surface area contributed by atoms with E-state index < -0.39 is 17.7 Å². The van der Waals surface area contributed by atoms with Gasteiger partial charge in [-0.3, -0.25) is 4.79 Å². The van der Waals surface area contributed by atoms with Gasteiger partial charge in [-0.25, -0.2) is 8.78 Å². The van der Waals surface area contributed by atoms with Gasteiger partial charge in [0.1, 0.15) is 0 Å². The number of nitrogens with one attached hydrogen (secondary N) is 1. The molecule has 1 amide bonds. The summed E-state index contributed by atoms with van der Waals surface area (Å²) in [6.07, 6.45) is 2.91. The van der Waals surface area contributed by atoms with E-state index in [4.69, 9.17) is 14.2 Å². The number of benzene rings is 2. The van der Waals surface area contributed by atoms with Crippen molar-refractivity contribution in [1.82, 2.24) is 5.32 Å². The summed E-state index contributed by atoms with van der Waals surface area (Å²) in [6.45, 7) is 1.68. The highest BCUT2D eigenvalue weighted by Crippen LogP contribution is 2.38. The lowest BCUT2D eigenvalue weighted by atomic mass is 10.1. The first-order valence-electron chi connectivity index (χ1n) is 8.13. The molecule has 0 aliphatic rings. The zero-order valence-corrected chi connectivity index (χ0v) is 15.5. The van der Waals surface area contributed by atoms with E-state index in [-0.39, 0.29) is 5.91 Å². The van der Waals surface area contributed by atoms with Gasteiger partial charge in [0, 0.05) is 6.08 Å².